The topological polar surface area (TPSA) is 61.2 Å². The standard InChI is InChI=1S/C14H20N2O2/c1-9(2)16-11-7-10(8-14(3,4)15)5-6-12(11)18-13(16)17/h5-7,9H,8,15H2,1-4H3. The zero-order valence-corrected chi connectivity index (χ0v) is 11.4. The van der Waals surface area contributed by atoms with Gasteiger partial charge in [0.15, 0.2) is 5.58 Å². The van der Waals surface area contributed by atoms with Crippen molar-refractivity contribution in [2.45, 2.75) is 45.7 Å². The van der Waals surface area contributed by atoms with Gasteiger partial charge in [-0.2, -0.15) is 0 Å². The van der Waals surface area contributed by atoms with E-state index in [-0.39, 0.29) is 17.3 Å². The molecule has 0 aliphatic rings. The van der Waals surface area contributed by atoms with Crippen molar-refractivity contribution in [1.29, 1.82) is 0 Å². The maximum Gasteiger partial charge on any atom is 0.420 e. The van der Waals surface area contributed by atoms with Crippen molar-refractivity contribution in [3.05, 3.63) is 34.3 Å². The summed E-state index contributed by atoms with van der Waals surface area (Å²) in [6.45, 7) is 7.91. The van der Waals surface area contributed by atoms with Gasteiger partial charge in [-0.05, 0) is 51.8 Å². The maximum absolute atomic E-state index is 11.7. The van der Waals surface area contributed by atoms with E-state index in [0.717, 1.165) is 17.5 Å². The summed E-state index contributed by atoms with van der Waals surface area (Å²) < 4.78 is 6.89. The van der Waals surface area contributed by atoms with Gasteiger partial charge in [-0.3, -0.25) is 4.57 Å². The first-order valence-electron chi connectivity index (χ1n) is 6.21. The van der Waals surface area contributed by atoms with Gasteiger partial charge in [0.1, 0.15) is 0 Å². The molecule has 2 N–H and O–H groups in total. The molecule has 4 nitrogen and oxygen atoms in total. The number of hydrogen-bond donors (Lipinski definition) is 1. The molecule has 0 aliphatic heterocycles. The zero-order valence-electron chi connectivity index (χ0n) is 11.4. The van der Waals surface area contributed by atoms with Gasteiger partial charge in [-0.15, -0.1) is 0 Å². The van der Waals surface area contributed by atoms with E-state index in [1.807, 2.05) is 45.9 Å². The molecular weight excluding hydrogens is 228 g/mol. The number of benzene rings is 1. The van der Waals surface area contributed by atoms with Crippen LogP contribution in [0.25, 0.3) is 11.1 Å². The number of hydrogen-bond acceptors (Lipinski definition) is 3. The predicted octanol–water partition coefficient (Wildman–Crippen LogP) is 2.46. The molecule has 0 bridgehead atoms. The fraction of sp³-hybridized carbons (Fsp3) is 0.500. The Morgan fingerprint density at radius 2 is 2.06 bits per heavy atom. The molecule has 0 fully saturated rings. The second kappa shape index (κ2) is 4.28. The minimum Gasteiger partial charge on any atom is -0.408 e. The van der Waals surface area contributed by atoms with Crippen molar-refractivity contribution in [2.24, 2.45) is 5.73 Å². The van der Waals surface area contributed by atoms with Crippen molar-refractivity contribution in [3.8, 4) is 0 Å². The van der Waals surface area contributed by atoms with E-state index in [1.54, 1.807) is 4.57 Å². The number of fused-ring (bicyclic) bond motifs is 1. The van der Waals surface area contributed by atoms with E-state index in [0.29, 0.717) is 5.58 Å². The fourth-order valence-electron chi connectivity index (χ4n) is 2.20. The predicted molar refractivity (Wildman–Crippen MR) is 72.8 cm³/mol. The minimum atomic E-state index is -0.302. The Labute approximate surface area is 106 Å². The summed E-state index contributed by atoms with van der Waals surface area (Å²) in [4.78, 5) is 11.7. The van der Waals surface area contributed by atoms with Gasteiger partial charge < -0.3 is 10.2 Å². The van der Waals surface area contributed by atoms with Crippen LogP contribution in [0.15, 0.2) is 27.4 Å². The lowest BCUT2D eigenvalue weighted by atomic mass is 9.96. The normalized spacial score (nSPS) is 12.6. The second-order valence-corrected chi connectivity index (χ2v) is 5.80. The van der Waals surface area contributed by atoms with E-state index >= 15 is 0 Å². The highest BCUT2D eigenvalue weighted by molar-refractivity contribution is 5.74. The Hall–Kier alpha value is -1.55. The molecule has 0 spiro atoms. The van der Waals surface area contributed by atoms with E-state index in [1.165, 1.54) is 0 Å². The maximum atomic E-state index is 11.7. The van der Waals surface area contributed by atoms with Crippen LogP contribution >= 0.6 is 0 Å². The lowest BCUT2D eigenvalue weighted by molar-refractivity contribution is 0.478. The first-order chi connectivity index (χ1) is 8.28. The summed E-state index contributed by atoms with van der Waals surface area (Å²) in [5.41, 5.74) is 8.35. The molecule has 0 unspecified atom stereocenters. The summed E-state index contributed by atoms with van der Waals surface area (Å²) in [6.07, 6.45) is 0.764. The lowest BCUT2D eigenvalue weighted by Crippen LogP contribution is -2.34. The third-order valence-electron chi connectivity index (χ3n) is 2.85. The molecule has 1 aromatic heterocycles. The average molecular weight is 248 g/mol. The van der Waals surface area contributed by atoms with Crippen LogP contribution in [0.5, 0.6) is 0 Å². The quantitative estimate of drug-likeness (QED) is 0.907. The van der Waals surface area contributed by atoms with Gasteiger partial charge >= 0.3 is 5.76 Å². The summed E-state index contributed by atoms with van der Waals surface area (Å²) in [6, 6.07) is 5.88. The highest BCUT2D eigenvalue weighted by atomic mass is 16.4. The van der Waals surface area contributed by atoms with Gasteiger partial charge in [0.05, 0.1) is 5.52 Å². The van der Waals surface area contributed by atoms with E-state index in [2.05, 4.69) is 0 Å². The molecule has 1 heterocycles. The molecule has 0 amide bonds. The second-order valence-electron chi connectivity index (χ2n) is 5.80. The van der Waals surface area contributed by atoms with Crippen molar-refractivity contribution in [3.63, 3.8) is 0 Å². The molecule has 4 heteroatoms. The van der Waals surface area contributed by atoms with E-state index in [4.69, 9.17) is 10.2 Å². The highest BCUT2D eigenvalue weighted by Crippen LogP contribution is 2.20. The van der Waals surface area contributed by atoms with Crippen molar-refractivity contribution in [1.82, 2.24) is 4.57 Å². The molecule has 0 radical (unpaired) electrons. The number of oxazole rings is 1. The molecule has 1 aromatic carbocycles. The third-order valence-corrected chi connectivity index (χ3v) is 2.85. The summed E-state index contributed by atoms with van der Waals surface area (Å²) >= 11 is 0. The highest BCUT2D eigenvalue weighted by Gasteiger charge is 2.15. The molecular formula is C14H20N2O2. The van der Waals surface area contributed by atoms with E-state index < -0.39 is 0 Å². The van der Waals surface area contributed by atoms with Gasteiger partial charge in [-0.25, -0.2) is 4.79 Å². The number of aromatic nitrogens is 1. The van der Waals surface area contributed by atoms with Crippen LogP contribution in [0, 0.1) is 0 Å². The van der Waals surface area contributed by atoms with Crippen molar-refractivity contribution >= 4 is 11.1 Å². The first kappa shape index (κ1) is 12.9. The Morgan fingerprint density at radius 3 is 2.61 bits per heavy atom. The van der Waals surface area contributed by atoms with Gasteiger partial charge in [-0.1, -0.05) is 6.07 Å². The molecule has 0 saturated heterocycles. The van der Waals surface area contributed by atoms with Crippen molar-refractivity contribution in [2.75, 3.05) is 0 Å². The minimum absolute atomic E-state index is 0.0832. The Balaban J connectivity index is 2.56. The summed E-state index contributed by atoms with van der Waals surface area (Å²) in [7, 11) is 0. The Kier molecular flexibility index (Phi) is 3.07. The first-order valence-corrected chi connectivity index (χ1v) is 6.21. The number of rotatable bonds is 3. The van der Waals surface area contributed by atoms with Crippen LogP contribution in [0.3, 0.4) is 0 Å². The molecule has 0 saturated carbocycles. The van der Waals surface area contributed by atoms with Crippen LogP contribution in [-0.4, -0.2) is 10.1 Å². The zero-order chi connectivity index (χ0) is 13.5. The molecule has 18 heavy (non-hydrogen) atoms. The smallest absolute Gasteiger partial charge is 0.408 e. The van der Waals surface area contributed by atoms with Crippen LogP contribution in [-0.2, 0) is 6.42 Å². The molecule has 0 atom stereocenters. The fourth-order valence-corrected chi connectivity index (χ4v) is 2.20. The Bertz CT molecular complexity index is 615. The summed E-state index contributed by atoms with van der Waals surface area (Å²) in [5.74, 6) is -0.302. The van der Waals surface area contributed by atoms with Crippen LogP contribution in [0.2, 0.25) is 0 Å². The van der Waals surface area contributed by atoms with Gasteiger partial charge in [0.2, 0.25) is 0 Å². The third kappa shape index (κ3) is 2.48. The summed E-state index contributed by atoms with van der Waals surface area (Å²) in [5, 5.41) is 0. The van der Waals surface area contributed by atoms with E-state index in [9.17, 15) is 4.79 Å². The molecule has 98 valence electrons. The monoisotopic (exact) mass is 248 g/mol. The largest absolute Gasteiger partial charge is 0.420 e. The lowest BCUT2D eigenvalue weighted by Gasteiger charge is -2.18. The van der Waals surface area contributed by atoms with Crippen LogP contribution in [0.1, 0.15) is 39.3 Å². The van der Waals surface area contributed by atoms with Crippen LogP contribution < -0.4 is 11.5 Å². The average Bonchev–Trinajstić information content (AvgIpc) is 2.50. The number of nitrogens with two attached hydrogens (primary N) is 1. The molecule has 0 aliphatic carbocycles. The Morgan fingerprint density at radius 1 is 1.39 bits per heavy atom. The number of nitrogens with zero attached hydrogens (tertiary/aromatic N) is 1. The van der Waals surface area contributed by atoms with Crippen LogP contribution in [0.4, 0.5) is 0 Å². The molecule has 2 aromatic rings. The van der Waals surface area contributed by atoms with Gasteiger partial charge in [0, 0.05) is 11.6 Å². The van der Waals surface area contributed by atoms with Gasteiger partial charge in [0.25, 0.3) is 0 Å². The van der Waals surface area contributed by atoms with Crippen molar-refractivity contribution < 1.29 is 4.42 Å². The SMILES string of the molecule is CC(C)n1c(=O)oc2ccc(CC(C)(C)N)cc21. The molecule has 2 rings (SSSR count).